The summed E-state index contributed by atoms with van der Waals surface area (Å²) in [5.41, 5.74) is 2.20. The van der Waals surface area contributed by atoms with Gasteiger partial charge in [-0.25, -0.2) is 14.9 Å². The number of nitrogens with one attached hydrogen (secondary N) is 1. The maximum Gasteiger partial charge on any atom is 0.346 e. The first-order valence-electron chi connectivity index (χ1n) is 7.15. The standard InChI is InChI=1S/C15H17N5O3S2/c1-19-14(22)13(18-20(2)15(19)23)25-9-12(21)17-16-8-10-4-6-11(24-3)7-5-10/h4-8H,9H2,1-3H3,(H,17,21)/b16-8-. The molecule has 0 bridgehead atoms. The molecule has 1 amide bonds. The van der Waals surface area contributed by atoms with E-state index in [0.717, 1.165) is 31.5 Å². The monoisotopic (exact) mass is 379 g/mol. The molecular weight excluding hydrogens is 362 g/mol. The van der Waals surface area contributed by atoms with Gasteiger partial charge in [0, 0.05) is 19.0 Å². The Hall–Kier alpha value is -2.33. The van der Waals surface area contributed by atoms with E-state index in [0.29, 0.717) is 0 Å². The van der Waals surface area contributed by atoms with Gasteiger partial charge in [0.2, 0.25) is 5.91 Å². The van der Waals surface area contributed by atoms with Crippen molar-refractivity contribution in [3.63, 3.8) is 0 Å². The van der Waals surface area contributed by atoms with Gasteiger partial charge in [0.1, 0.15) is 0 Å². The smallest absolute Gasteiger partial charge is 0.272 e. The maximum absolute atomic E-state index is 11.9. The van der Waals surface area contributed by atoms with Crippen molar-refractivity contribution in [2.45, 2.75) is 9.92 Å². The van der Waals surface area contributed by atoms with Crippen LogP contribution in [0.5, 0.6) is 0 Å². The van der Waals surface area contributed by atoms with Crippen molar-refractivity contribution in [2.75, 3.05) is 12.0 Å². The van der Waals surface area contributed by atoms with Crippen molar-refractivity contribution in [3.05, 3.63) is 50.7 Å². The zero-order chi connectivity index (χ0) is 18.4. The third-order valence-electron chi connectivity index (χ3n) is 3.15. The Labute approximate surface area is 152 Å². The van der Waals surface area contributed by atoms with Crippen molar-refractivity contribution >= 4 is 35.6 Å². The summed E-state index contributed by atoms with van der Waals surface area (Å²) < 4.78 is 2.00. The van der Waals surface area contributed by atoms with Gasteiger partial charge >= 0.3 is 5.69 Å². The van der Waals surface area contributed by atoms with Gasteiger partial charge in [0.15, 0.2) is 5.03 Å². The molecule has 1 aromatic heterocycles. The first-order chi connectivity index (χ1) is 11.9. The number of carbonyl (C=O) groups is 1. The number of hydrogen-bond acceptors (Lipinski definition) is 7. The quantitative estimate of drug-likeness (QED) is 0.444. The summed E-state index contributed by atoms with van der Waals surface area (Å²) >= 11 is 2.59. The van der Waals surface area contributed by atoms with Crippen LogP contribution in [0.1, 0.15) is 5.56 Å². The molecule has 0 saturated carbocycles. The van der Waals surface area contributed by atoms with Gasteiger partial charge in [-0.3, -0.25) is 14.2 Å². The number of thioether (sulfide) groups is 2. The van der Waals surface area contributed by atoms with Crippen LogP contribution in [0.2, 0.25) is 0 Å². The minimum Gasteiger partial charge on any atom is -0.272 e. The lowest BCUT2D eigenvalue weighted by Gasteiger charge is -2.04. The van der Waals surface area contributed by atoms with Crippen LogP contribution in [0, 0.1) is 0 Å². The molecule has 0 spiro atoms. The second-order valence-electron chi connectivity index (χ2n) is 4.93. The van der Waals surface area contributed by atoms with E-state index in [2.05, 4.69) is 15.6 Å². The molecule has 1 N–H and O–H groups in total. The number of rotatable bonds is 6. The van der Waals surface area contributed by atoms with E-state index in [1.807, 2.05) is 30.5 Å². The zero-order valence-corrected chi connectivity index (χ0v) is 15.6. The third-order valence-corrected chi connectivity index (χ3v) is 4.83. The molecule has 1 aromatic carbocycles. The fourth-order valence-corrected chi connectivity index (χ4v) is 2.98. The zero-order valence-electron chi connectivity index (χ0n) is 13.9. The number of hydrazone groups is 1. The normalized spacial score (nSPS) is 11.0. The van der Waals surface area contributed by atoms with Gasteiger partial charge < -0.3 is 0 Å². The largest absolute Gasteiger partial charge is 0.346 e. The predicted molar refractivity (Wildman–Crippen MR) is 99.4 cm³/mol. The van der Waals surface area contributed by atoms with Crippen molar-refractivity contribution < 1.29 is 4.79 Å². The van der Waals surface area contributed by atoms with Crippen LogP contribution in [0.15, 0.2) is 48.9 Å². The van der Waals surface area contributed by atoms with Gasteiger partial charge in [0.05, 0.1) is 12.0 Å². The second-order valence-corrected chi connectivity index (χ2v) is 6.77. The molecule has 0 radical (unpaired) electrons. The van der Waals surface area contributed by atoms with Crippen LogP contribution in [0.25, 0.3) is 0 Å². The van der Waals surface area contributed by atoms with Gasteiger partial charge in [-0.1, -0.05) is 23.9 Å². The number of amides is 1. The van der Waals surface area contributed by atoms with Crippen LogP contribution in [0.4, 0.5) is 0 Å². The summed E-state index contributed by atoms with van der Waals surface area (Å²) in [4.78, 5) is 36.4. The molecule has 2 rings (SSSR count). The Morgan fingerprint density at radius 3 is 2.60 bits per heavy atom. The number of benzene rings is 1. The number of carbonyl (C=O) groups excluding carboxylic acids is 1. The fraction of sp³-hybridized carbons (Fsp3) is 0.267. The van der Waals surface area contributed by atoms with Gasteiger partial charge in [-0.05, 0) is 24.0 Å². The molecule has 0 aliphatic heterocycles. The molecule has 0 unspecified atom stereocenters. The SMILES string of the molecule is CSc1ccc(/C=N\NC(=O)CSc2nn(C)c(=O)n(C)c2=O)cc1. The van der Waals surface area contributed by atoms with Crippen LogP contribution < -0.4 is 16.7 Å². The Morgan fingerprint density at radius 2 is 1.96 bits per heavy atom. The first kappa shape index (κ1) is 19.0. The lowest BCUT2D eigenvalue weighted by atomic mass is 10.2. The molecule has 2 aromatic rings. The van der Waals surface area contributed by atoms with E-state index >= 15 is 0 Å². The number of hydrogen-bond donors (Lipinski definition) is 1. The molecule has 0 atom stereocenters. The van der Waals surface area contributed by atoms with Crippen molar-refractivity contribution in [1.29, 1.82) is 0 Å². The van der Waals surface area contributed by atoms with E-state index in [-0.39, 0.29) is 16.7 Å². The van der Waals surface area contributed by atoms with E-state index in [9.17, 15) is 14.4 Å². The minimum absolute atomic E-state index is 0.0385. The van der Waals surface area contributed by atoms with E-state index < -0.39 is 11.2 Å². The summed E-state index contributed by atoms with van der Waals surface area (Å²) in [6.45, 7) is 0. The molecule has 10 heteroatoms. The molecule has 25 heavy (non-hydrogen) atoms. The molecule has 8 nitrogen and oxygen atoms in total. The highest BCUT2D eigenvalue weighted by molar-refractivity contribution is 7.99. The van der Waals surface area contributed by atoms with Gasteiger partial charge in [0.25, 0.3) is 5.56 Å². The summed E-state index contributed by atoms with van der Waals surface area (Å²) in [7, 11) is 2.81. The molecule has 0 fully saturated rings. The molecule has 132 valence electrons. The summed E-state index contributed by atoms with van der Waals surface area (Å²) in [5, 5.41) is 7.82. The Kier molecular flexibility index (Phi) is 6.59. The lowest BCUT2D eigenvalue weighted by molar-refractivity contribution is -0.118. The molecule has 0 aliphatic rings. The Balaban J connectivity index is 1.91. The van der Waals surface area contributed by atoms with E-state index in [4.69, 9.17) is 0 Å². The molecule has 0 saturated heterocycles. The summed E-state index contributed by atoms with van der Waals surface area (Å²) in [5.74, 6) is -0.414. The van der Waals surface area contributed by atoms with E-state index in [1.165, 1.54) is 20.3 Å². The van der Waals surface area contributed by atoms with E-state index in [1.54, 1.807) is 11.8 Å². The number of nitrogens with zero attached hydrogens (tertiary/aromatic N) is 4. The van der Waals surface area contributed by atoms with Crippen LogP contribution >= 0.6 is 23.5 Å². The lowest BCUT2D eigenvalue weighted by Crippen LogP contribution is -2.39. The molecule has 0 aliphatic carbocycles. The highest BCUT2D eigenvalue weighted by Crippen LogP contribution is 2.13. The number of aromatic nitrogens is 3. The molecule has 1 heterocycles. The first-order valence-corrected chi connectivity index (χ1v) is 9.36. The van der Waals surface area contributed by atoms with Crippen LogP contribution in [-0.4, -0.2) is 38.5 Å². The van der Waals surface area contributed by atoms with Crippen LogP contribution in [-0.2, 0) is 18.9 Å². The third kappa shape index (κ3) is 5.07. The second kappa shape index (κ2) is 8.67. The predicted octanol–water partition coefficient (Wildman–Crippen LogP) is 0.443. The number of aryl methyl sites for hydroxylation is 1. The summed E-state index contributed by atoms with van der Waals surface area (Å²) in [6.07, 6.45) is 3.53. The molecular formula is C15H17N5O3S2. The van der Waals surface area contributed by atoms with Crippen molar-refractivity contribution in [2.24, 2.45) is 19.2 Å². The summed E-state index contributed by atoms with van der Waals surface area (Å²) in [6, 6.07) is 7.72. The van der Waals surface area contributed by atoms with Gasteiger partial charge in [-0.15, -0.1) is 11.8 Å². The highest BCUT2D eigenvalue weighted by Gasteiger charge is 2.11. The van der Waals surface area contributed by atoms with Crippen molar-refractivity contribution in [1.82, 2.24) is 19.8 Å². The fourth-order valence-electron chi connectivity index (χ4n) is 1.79. The highest BCUT2D eigenvalue weighted by atomic mass is 32.2. The van der Waals surface area contributed by atoms with Crippen molar-refractivity contribution in [3.8, 4) is 0 Å². The minimum atomic E-state index is -0.529. The topological polar surface area (TPSA) is 98.3 Å². The average Bonchev–Trinajstić information content (AvgIpc) is 2.62. The Morgan fingerprint density at radius 1 is 1.28 bits per heavy atom. The van der Waals surface area contributed by atoms with Gasteiger partial charge in [-0.2, -0.15) is 10.2 Å². The van der Waals surface area contributed by atoms with Crippen LogP contribution in [0.3, 0.4) is 0 Å². The Bertz CT molecular complexity index is 903. The average molecular weight is 379 g/mol. The maximum atomic E-state index is 11.9.